The van der Waals surface area contributed by atoms with Crippen LogP contribution < -0.4 is 11.3 Å². The molecule has 70 valence electrons. The highest BCUT2D eigenvalue weighted by atomic mass is 79.9. The molecule has 5 heteroatoms. The van der Waals surface area contributed by atoms with Gasteiger partial charge in [0.15, 0.2) is 0 Å². The van der Waals surface area contributed by atoms with E-state index in [-0.39, 0.29) is 5.56 Å². The highest BCUT2D eigenvalue weighted by Gasteiger charge is 2.07. The summed E-state index contributed by atoms with van der Waals surface area (Å²) >= 11 is 3.25. The molecule has 2 N–H and O–H groups in total. The second kappa shape index (κ2) is 3.74. The van der Waals surface area contributed by atoms with Crippen LogP contribution in [-0.4, -0.2) is 17.8 Å². The third-order valence-electron chi connectivity index (χ3n) is 1.66. The Balaban J connectivity index is 3.56. The fourth-order valence-electron chi connectivity index (χ4n) is 0.986. The molecule has 0 unspecified atom stereocenters. The van der Waals surface area contributed by atoms with Crippen molar-refractivity contribution in [3.05, 3.63) is 26.6 Å². The number of pyridine rings is 1. The molecule has 1 rings (SSSR count). The largest absolute Gasteiger partial charge is 0.397 e. The van der Waals surface area contributed by atoms with E-state index in [1.807, 2.05) is 0 Å². The highest BCUT2D eigenvalue weighted by molar-refractivity contribution is 9.10. The molecule has 0 aliphatic heterocycles. The van der Waals surface area contributed by atoms with E-state index in [2.05, 4.69) is 20.9 Å². The zero-order chi connectivity index (χ0) is 10.0. The summed E-state index contributed by atoms with van der Waals surface area (Å²) < 4.78 is 2.15. The maximum absolute atomic E-state index is 11.5. The molecule has 0 aromatic carbocycles. The third kappa shape index (κ3) is 1.80. The van der Waals surface area contributed by atoms with Crippen molar-refractivity contribution in [2.24, 2.45) is 12.0 Å². The first-order chi connectivity index (χ1) is 6.07. The summed E-state index contributed by atoms with van der Waals surface area (Å²) in [7, 11) is 3.26. The van der Waals surface area contributed by atoms with Crippen molar-refractivity contribution in [3.63, 3.8) is 0 Å². The fourth-order valence-corrected chi connectivity index (χ4v) is 1.51. The van der Waals surface area contributed by atoms with Gasteiger partial charge < -0.3 is 10.3 Å². The van der Waals surface area contributed by atoms with Gasteiger partial charge >= 0.3 is 0 Å². The first-order valence-corrected chi connectivity index (χ1v) is 4.44. The molecule has 0 fully saturated rings. The van der Waals surface area contributed by atoms with Gasteiger partial charge in [-0.15, -0.1) is 0 Å². The lowest BCUT2D eigenvalue weighted by Crippen LogP contribution is -2.22. The maximum Gasteiger partial charge on any atom is 0.261 e. The van der Waals surface area contributed by atoms with E-state index in [1.165, 1.54) is 10.8 Å². The van der Waals surface area contributed by atoms with Gasteiger partial charge in [0.25, 0.3) is 5.56 Å². The van der Waals surface area contributed by atoms with Gasteiger partial charge in [0.2, 0.25) is 0 Å². The van der Waals surface area contributed by atoms with E-state index in [4.69, 9.17) is 5.73 Å². The van der Waals surface area contributed by atoms with Gasteiger partial charge in [-0.2, -0.15) is 0 Å². The number of hydrogen-bond donors (Lipinski definition) is 1. The van der Waals surface area contributed by atoms with E-state index in [1.54, 1.807) is 20.3 Å². The van der Waals surface area contributed by atoms with E-state index >= 15 is 0 Å². The van der Waals surface area contributed by atoms with Crippen LogP contribution in [0.4, 0.5) is 5.69 Å². The minimum Gasteiger partial charge on any atom is -0.397 e. The van der Waals surface area contributed by atoms with Crippen LogP contribution in [0.15, 0.2) is 20.5 Å². The number of anilines is 1. The van der Waals surface area contributed by atoms with E-state index in [0.717, 1.165) is 0 Å². The van der Waals surface area contributed by atoms with E-state index < -0.39 is 0 Å². The van der Waals surface area contributed by atoms with Crippen molar-refractivity contribution < 1.29 is 0 Å². The van der Waals surface area contributed by atoms with Crippen LogP contribution in [0.3, 0.4) is 0 Å². The number of hydrogen-bond acceptors (Lipinski definition) is 3. The predicted molar refractivity (Wildman–Crippen MR) is 57.3 cm³/mol. The third-order valence-corrected chi connectivity index (χ3v) is 2.30. The van der Waals surface area contributed by atoms with E-state index in [0.29, 0.717) is 15.7 Å². The van der Waals surface area contributed by atoms with Crippen molar-refractivity contribution in [2.45, 2.75) is 0 Å². The molecule has 0 saturated heterocycles. The average Bonchev–Trinajstić information content (AvgIpc) is 2.09. The monoisotopic (exact) mass is 243 g/mol. The van der Waals surface area contributed by atoms with Crippen LogP contribution in [0.1, 0.15) is 5.56 Å². The van der Waals surface area contributed by atoms with Gasteiger partial charge in [-0.25, -0.2) is 0 Å². The van der Waals surface area contributed by atoms with Gasteiger partial charge in [0.05, 0.1) is 15.7 Å². The van der Waals surface area contributed by atoms with Crippen LogP contribution in [0.2, 0.25) is 0 Å². The van der Waals surface area contributed by atoms with Crippen LogP contribution in [0.25, 0.3) is 0 Å². The average molecular weight is 244 g/mol. The van der Waals surface area contributed by atoms with Crippen molar-refractivity contribution in [3.8, 4) is 0 Å². The second-order valence-electron chi connectivity index (χ2n) is 2.61. The summed E-state index contributed by atoms with van der Waals surface area (Å²) in [4.78, 5) is 15.3. The normalized spacial score (nSPS) is 11.0. The number of rotatable bonds is 1. The molecule has 0 aliphatic rings. The molecule has 1 heterocycles. The summed E-state index contributed by atoms with van der Waals surface area (Å²) in [6.07, 6.45) is 3.09. The van der Waals surface area contributed by atoms with E-state index in [9.17, 15) is 4.79 Å². The van der Waals surface area contributed by atoms with Gasteiger partial charge in [0.1, 0.15) is 0 Å². The smallest absolute Gasteiger partial charge is 0.261 e. The Morgan fingerprint density at radius 1 is 1.69 bits per heavy atom. The summed E-state index contributed by atoms with van der Waals surface area (Å²) in [5.74, 6) is 0. The zero-order valence-corrected chi connectivity index (χ0v) is 9.00. The van der Waals surface area contributed by atoms with Crippen molar-refractivity contribution >= 4 is 27.8 Å². The lowest BCUT2D eigenvalue weighted by molar-refractivity contribution is 0.855. The number of aromatic nitrogens is 1. The first-order valence-electron chi connectivity index (χ1n) is 3.64. The summed E-state index contributed by atoms with van der Waals surface area (Å²) in [6.45, 7) is 0. The first kappa shape index (κ1) is 9.98. The van der Waals surface area contributed by atoms with Crippen LogP contribution >= 0.6 is 15.9 Å². The van der Waals surface area contributed by atoms with Gasteiger partial charge in [0, 0.05) is 26.5 Å². The standard InChI is InChI=1S/C8H10BrN3O/c1-11-3-5-7(10)6(9)4-12(2)8(5)13/h3-4H,10H2,1-2H3. The molecular formula is C8H10BrN3O. The second-order valence-corrected chi connectivity index (χ2v) is 3.46. The maximum atomic E-state index is 11.5. The molecule has 0 atom stereocenters. The van der Waals surface area contributed by atoms with Crippen molar-refractivity contribution in [2.75, 3.05) is 12.8 Å². The molecule has 0 aliphatic carbocycles. The highest BCUT2D eigenvalue weighted by Crippen LogP contribution is 2.18. The Kier molecular flexibility index (Phi) is 2.87. The molecule has 0 saturated carbocycles. The predicted octanol–water partition coefficient (Wildman–Crippen LogP) is 0.779. The Labute approximate surface area is 84.2 Å². The van der Waals surface area contributed by atoms with Gasteiger partial charge in [-0.1, -0.05) is 0 Å². The number of aryl methyl sites for hydroxylation is 1. The van der Waals surface area contributed by atoms with Crippen molar-refractivity contribution in [1.82, 2.24) is 4.57 Å². The molecule has 0 radical (unpaired) electrons. The molecule has 0 amide bonds. The summed E-state index contributed by atoms with van der Waals surface area (Å²) in [5.41, 5.74) is 6.38. The fraction of sp³-hybridized carbons (Fsp3) is 0.250. The molecule has 0 spiro atoms. The Bertz CT molecular complexity index is 409. The number of nitrogens with two attached hydrogens (primary N) is 1. The minimum atomic E-state index is -0.147. The molecule has 1 aromatic heterocycles. The summed E-state index contributed by atoms with van der Waals surface area (Å²) in [6, 6.07) is 0. The topological polar surface area (TPSA) is 60.4 Å². The number of aliphatic imine (C=N–C) groups is 1. The van der Waals surface area contributed by atoms with Crippen LogP contribution in [-0.2, 0) is 7.05 Å². The lowest BCUT2D eigenvalue weighted by atomic mass is 10.2. The van der Waals surface area contributed by atoms with Crippen molar-refractivity contribution in [1.29, 1.82) is 0 Å². The van der Waals surface area contributed by atoms with Crippen LogP contribution in [0.5, 0.6) is 0 Å². The molecular weight excluding hydrogens is 234 g/mol. The molecule has 4 nitrogen and oxygen atoms in total. The van der Waals surface area contributed by atoms with Gasteiger partial charge in [-0.05, 0) is 15.9 Å². The number of nitrogen functional groups attached to an aromatic ring is 1. The minimum absolute atomic E-state index is 0.147. The number of halogens is 1. The summed E-state index contributed by atoms with van der Waals surface area (Å²) in [5, 5.41) is 0. The number of nitrogens with zero attached hydrogens (tertiary/aromatic N) is 2. The van der Waals surface area contributed by atoms with Crippen LogP contribution in [0, 0.1) is 0 Å². The lowest BCUT2D eigenvalue weighted by Gasteiger charge is -2.05. The zero-order valence-electron chi connectivity index (χ0n) is 7.41. The molecule has 13 heavy (non-hydrogen) atoms. The molecule has 1 aromatic rings. The Morgan fingerprint density at radius 3 is 2.85 bits per heavy atom. The quantitative estimate of drug-likeness (QED) is 0.742. The Hall–Kier alpha value is -1.10. The SMILES string of the molecule is CN=Cc1c(N)c(Br)cn(C)c1=O. The Morgan fingerprint density at radius 2 is 2.31 bits per heavy atom. The van der Waals surface area contributed by atoms with Gasteiger partial charge in [-0.3, -0.25) is 9.79 Å². The molecule has 0 bridgehead atoms.